The highest BCUT2D eigenvalue weighted by Crippen LogP contribution is 2.29. The van der Waals surface area contributed by atoms with Crippen LogP contribution in [-0.2, 0) is 4.79 Å². The second-order valence-electron chi connectivity index (χ2n) is 3.24. The molecule has 4 nitrogen and oxygen atoms in total. The van der Waals surface area contributed by atoms with Gasteiger partial charge in [-0.2, -0.15) is 0 Å². The van der Waals surface area contributed by atoms with Crippen molar-refractivity contribution in [1.82, 2.24) is 0 Å². The summed E-state index contributed by atoms with van der Waals surface area (Å²) in [6.45, 7) is 0. The van der Waals surface area contributed by atoms with Gasteiger partial charge < -0.3 is 5.11 Å². The first-order valence-corrected chi connectivity index (χ1v) is 4.31. The minimum atomic E-state index is -1.51. The van der Waals surface area contributed by atoms with Crippen LogP contribution >= 0.6 is 0 Å². The Labute approximate surface area is 88.2 Å². The number of ketones is 1. The maximum Gasteiger partial charge on any atom is 0.319 e. The van der Waals surface area contributed by atoms with E-state index in [9.17, 15) is 18.4 Å². The quantitative estimate of drug-likeness (QED) is 0.737. The van der Waals surface area contributed by atoms with Crippen molar-refractivity contribution in [2.75, 3.05) is 0 Å². The number of hydrogen-bond acceptors (Lipinski definition) is 3. The average molecular weight is 225 g/mol. The smallest absolute Gasteiger partial charge is 0.319 e. The summed E-state index contributed by atoms with van der Waals surface area (Å²) >= 11 is 0. The van der Waals surface area contributed by atoms with Gasteiger partial charge >= 0.3 is 5.97 Å². The third-order valence-corrected chi connectivity index (χ3v) is 2.19. The molecule has 1 heterocycles. The number of carbonyl (C=O) groups is 2. The Balaban J connectivity index is 2.60. The van der Waals surface area contributed by atoms with Gasteiger partial charge in [0.05, 0.1) is 11.3 Å². The fraction of sp³-hybridized carbons (Fsp3) is 0.100. The van der Waals surface area contributed by atoms with Crippen LogP contribution in [0.5, 0.6) is 0 Å². The Hall–Kier alpha value is -2.11. The lowest BCUT2D eigenvalue weighted by Gasteiger charge is -2.14. The molecule has 0 saturated heterocycles. The zero-order valence-corrected chi connectivity index (χ0v) is 7.78. The number of carboxylic acid groups (broad SMARTS) is 1. The van der Waals surface area contributed by atoms with Crippen molar-refractivity contribution in [3.05, 3.63) is 29.3 Å². The predicted molar refractivity (Wildman–Crippen MR) is 50.0 cm³/mol. The standard InChI is InChI=1S/C10H5F2NO3/c11-4-1-6(12)8-7(2-4)13-3-5(9(8)14)10(15)16/h1-3,5H,(H,15,16). The molecule has 1 unspecified atom stereocenters. The van der Waals surface area contributed by atoms with Gasteiger partial charge in [-0.15, -0.1) is 0 Å². The van der Waals surface area contributed by atoms with Crippen LogP contribution in [0.15, 0.2) is 17.1 Å². The molecule has 1 atom stereocenters. The molecule has 1 aromatic rings. The number of Topliss-reactive ketones (excluding diaryl/α,β-unsaturated/α-hetero) is 1. The number of benzene rings is 1. The summed E-state index contributed by atoms with van der Waals surface area (Å²) in [4.78, 5) is 25.8. The monoisotopic (exact) mass is 225 g/mol. The molecule has 0 spiro atoms. The van der Waals surface area contributed by atoms with Gasteiger partial charge in [-0.1, -0.05) is 0 Å². The molecule has 0 aliphatic carbocycles. The molecular formula is C10H5F2NO3. The Bertz CT molecular complexity index is 525. The Kier molecular flexibility index (Phi) is 2.26. The minimum Gasteiger partial charge on any atom is -0.480 e. The number of halogens is 2. The first-order chi connectivity index (χ1) is 7.50. The average Bonchev–Trinajstić information content (AvgIpc) is 2.15. The zero-order chi connectivity index (χ0) is 11.9. The molecule has 0 saturated carbocycles. The SMILES string of the molecule is O=C(O)C1C=Nc2cc(F)cc(F)c2C1=O. The van der Waals surface area contributed by atoms with Gasteiger partial charge in [0.2, 0.25) is 0 Å². The van der Waals surface area contributed by atoms with E-state index < -0.39 is 34.9 Å². The van der Waals surface area contributed by atoms with Gasteiger partial charge in [-0.05, 0) is 0 Å². The second kappa shape index (κ2) is 3.48. The summed E-state index contributed by atoms with van der Waals surface area (Å²) in [5, 5.41) is 8.67. The number of aliphatic carboxylic acids is 1. The lowest BCUT2D eigenvalue weighted by molar-refractivity contribution is -0.137. The molecule has 82 valence electrons. The maximum absolute atomic E-state index is 13.3. The Morgan fingerprint density at radius 1 is 1.38 bits per heavy atom. The number of rotatable bonds is 1. The topological polar surface area (TPSA) is 66.7 Å². The number of carbonyl (C=O) groups excluding carboxylic acids is 1. The van der Waals surface area contributed by atoms with E-state index >= 15 is 0 Å². The van der Waals surface area contributed by atoms with E-state index in [2.05, 4.69) is 4.99 Å². The summed E-state index contributed by atoms with van der Waals surface area (Å²) < 4.78 is 26.1. The van der Waals surface area contributed by atoms with Gasteiger partial charge in [0.15, 0.2) is 11.7 Å². The van der Waals surface area contributed by atoms with E-state index in [4.69, 9.17) is 5.11 Å². The van der Waals surface area contributed by atoms with E-state index in [0.29, 0.717) is 6.07 Å². The third-order valence-electron chi connectivity index (χ3n) is 2.19. The lowest BCUT2D eigenvalue weighted by atomic mass is 9.94. The molecule has 16 heavy (non-hydrogen) atoms. The molecule has 1 aliphatic heterocycles. The lowest BCUT2D eigenvalue weighted by Crippen LogP contribution is -2.28. The summed E-state index contributed by atoms with van der Waals surface area (Å²) in [5.74, 6) is -5.80. The predicted octanol–water partition coefficient (Wildman–Crippen LogP) is 1.56. The maximum atomic E-state index is 13.3. The molecule has 1 aromatic carbocycles. The van der Waals surface area contributed by atoms with Crippen molar-refractivity contribution in [3.8, 4) is 0 Å². The van der Waals surface area contributed by atoms with Crippen LogP contribution in [0.3, 0.4) is 0 Å². The Morgan fingerprint density at radius 2 is 2.06 bits per heavy atom. The molecule has 0 fully saturated rings. The molecule has 0 amide bonds. The molecule has 1 aliphatic rings. The normalized spacial score (nSPS) is 18.4. The first kappa shape index (κ1) is 10.4. The molecular weight excluding hydrogens is 220 g/mol. The van der Waals surface area contributed by atoms with Crippen LogP contribution in [0.2, 0.25) is 0 Å². The van der Waals surface area contributed by atoms with E-state index in [1.807, 2.05) is 0 Å². The fourth-order valence-electron chi connectivity index (χ4n) is 1.46. The summed E-state index contributed by atoms with van der Waals surface area (Å²) in [6, 6.07) is 1.40. The van der Waals surface area contributed by atoms with E-state index in [0.717, 1.165) is 12.3 Å². The minimum absolute atomic E-state index is 0.181. The summed E-state index contributed by atoms with van der Waals surface area (Å²) in [5.41, 5.74) is -0.656. The van der Waals surface area contributed by atoms with Crippen LogP contribution in [0.25, 0.3) is 0 Å². The zero-order valence-electron chi connectivity index (χ0n) is 7.78. The first-order valence-electron chi connectivity index (χ1n) is 4.31. The molecule has 0 radical (unpaired) electrons. The highest BCUT2D eigenvalue weighted by molar-refractivity contribution is 6.22. The van der Waals surface area contributed by atoms with E-state index in [-0.39, 0.29) is 5.69 Å². The Morgan fingerprint density at radius 3 is 2.69 bits per heavy atom. The molecule has 6 heteroatoms. The molecule has 0 aromatic heterocycles. The van der Waals surface area contributed by atoms with Gasteiger partial charge in [0.1, 0.15) is 11.6 Å². The number of fused-ring (bicyclic) bond motifs is 1. The van der Waals surface area contributed by atoms with Crippen LogP contribution in [-0.4, -0.2) is 23.1 Å². The fourth-order valence-corrected chi connectivity index (χ4v) is 1.46. The van der Waals surface area contributed by atoms with Crippen LogP contribution in [0.1, 0.15) is 10.4 Å². The molecule has 0 bridgehead atoms. The van der Waals surface area contributed by atoms with E-state index in [1.165, 1.54) is 0 Å². The molecule has 1 N–H and O–H groups in total. The summed E-state index contributed by atoms with van der Waals surface area (Å²) in [7, 11) is 0. The summed E-state index contributed by atoms with van der Waals surface area (Å²) in [6.07, 6.45) is 0.867. The van der Waals surface area contributed by atoms with E-state index in [1.54, 1.807) is 0 Å². The van der Waals surface area contributed by atoms with Crippen LogP contribution < -0.4 is 0 Å². The second-order valence-corrected chi connectivity index (χ2v) is 3.24. The van der Waals surface area contributed by atoms with Gasteiger partial charge in [-0.25, -0.2) is 8.78 Å². The van der Waals surface area contributed by atoms with Crippen molar-refractivity contribution in [1.29, 1.82) is 0 Å². The highest BCUT2D eigenvalue weighted by atomic mass is 19.1. The van der Waals surface area contributed by atoms with Crippen molar-refractivity contribution >= 4 is 23.7 Å². The van der Waals surface area contributed by atoms with Gasteiger partial charge in [0.25, 0.3) is 0 Å². The highest BCUT2D eigenvalue weighted by Gasteiger charge is 2.33. The van der Waals surface area contributed by atoms with Crippen LogP contribution in [0, 0.1) is 17.6 Å². The number of hydrogen-bond donors (Lipinski definition) is 1. The number of carboxylic acids is 1. The van der Waals surface area contributed by atoms with Crippen molar-refractivity contribution < 1.29 is 23.5 Å². The van der Waals surface area contributed by atoms with Crippen molar-refractivity contribution in [2.45, 2.75) is 0 Å². The van der Waals surface area contributed by atoms with Gasteiger partial charge in [-0.3, -0.25) is 14.6 Å². The van der Waals surface area contributed by atoms with Crippen LogP contribution in [0.4, 0.5) is 14.5 Å². The third kappa shape index (κ3) is 1.48. The largest absolute Gasteiger partial charge is 0.480 e. The number of aliphatic imine (C=N–C) groups is 1. The number of nitrogens with zero attached hydrogens (tertiary/aromatic N) is 1. The van der Waals surface area contributed by atoms with Crippen molar-refractivity contribution in [3.63, 3.8) is 0 Å². The van der Waals surface area contributed by atoms with Gasteiger partial charge in [0, 0.05) is 18.3 Å². The molecule has 2 rings (SSSR count). The van der Waals surface area contributed by atoms with Crippen molar-refractivity contribution in [2.24, 2.45) is 10.9 Å².